The lowest BCUT2D eigenvalue weighted by atomic mass is 10.3. The van der Waals surface area contributed by atoms with Crippen molar-refractivity contribution >= 4 is 5.91 Å². The Balaban J connectivity index is 1.62. The molecule has 1 fully saturated rings. The lowest BCUT2D eigenvalue weighted by Gasteiger charge is -2.26. The first kappa shape index (κ1) is 16.7. The average molecular weight is 310 g/mol. The van der Waals surface area contributed by atoms with Gasteiger partial charge in [0.25, 0.3) is 5.91 Å². The van der Waals surface area contributed by atoms with E-state index in [1.165, 1.54) is 24.3 Å². The van der Waals surface area contributed by atoms with Crippen LogP contribution in [0.15, 0.2) is 24.3 Å². The Hall–Kier alpha value is -1.66. The molecule has 2 rings (SSSR count). The second-order valence-electron chi connectivity index (χ2n) is 5.31. The van der Waals surface area contributed by atoms with Crippen LogP contribution in [-0.4, -0.2) is 56.3 Å². The molecule has 0 bridgehead atoms. The number of morpholine rings is 1. The van der Waals surface area contributed by atoms with Gasteiger partial charge < -0.3 is 14.8 Å². The third-order valence-electron chi connectivity index (χ3n) is 3.55. The minimum Gasteiger partial charge on any atom is -0.481 e. The Labute approximate surface area is 130 Å². The maximum atomic E-state index is 12.8. The van der Waals surface area contributed by atoms with Crippen molar-refractivity contribution in [1.82, 2.24) is 10.2 Å². The molecule has 1 aliphatic rings. The Morgan fingerprint density at radius 2 is 2.05 bits per heavy atom. The van der Waals surface area contributed by atoms with Crippen molar-refractivity contribution in [2.75, 3.05) is 39.4 Å². The van der Waals surface area contributed by atoms with Crippen molar-refractivity contribution in [3.63, 3.8) is 0 Å². The molecule has 0 saturated carbocycles. The van der Waals surface area contributed by atoms with Crippen LogP contribution in [0.1, 0.15) is 13.3 Å². The first-order chi connectivity index (χ1) is 10.6. The van der Waals surface area contributed by atoms with Crippen LogP contribution in [0.4, 0.5) is 4.39 Å². The van der Waals surface area contributed by atoms with E-state index in [-0.39, 0.29) is 11.7 Å². The first-order valence-corrected chi connectivity index (χ1v) is 7.65. The summed E-state index contributed by atoms with van der Waals surface area (Å²) in [6, 6.07) is 5.64. The van der Waals surface area contributed by atoms with Crippen molar-refractivity contribution in [3.05, 3.63) is 30.1 Å². The van der Waals surface area contributed by atoms with E-state index in [9.17, 15) is 9.18 Å². The van der Waals surface area contributed by atoms with Crippen LogP contribution >= 0.6 is 0 Å². The normalized spacial score (nSPS) is 17.0. The molecule has 5 nitrogen and oxygen atoms in total. The summed E-state index contributed by atoms with van der Waals surface area (Å²) in [5, 5.41) is 2.86. The highest BCUT2D eigenvalue weighted by Gasteiger charge is 2.14. The first-order valence-electron chi connectivity index (χ1n) is 7.65. The van der Waals surface area contributed by atoms with Crippen molar-refractivity contribution in [1.29, 1.82) is 0 Å². The fourth-order valence-corrected chi connectivity index (χ4v) is 2.25. The molecule has 0 aromatic heterocycles. The molecule has 1 N–H and O–H groups in total. The Morgan fingerprint density at radius 1 is 1.36 bits per heavy atom. The fourth-order valence-electron chi connectivity index (χ4n) is 2.25. The van der Waals surface area contributed by atoms with Crippen molar-refractivity contribution in [2.45, 2.75) is 19.4 Å². The fraction of sp³-hybridized carbons (Fsp3) is 0.562. The number of carbonyl (C=O) groups excluding carboxylic acids is 1. The monoisotopic (exact) mass is 310 g/mol. The zero-order valence-corrected chi connectivity index (χ0v) is 12.9. The van der Waals surface area contributed by atoms with Gasteiger partial charge in [-0.15, -0.1) is 0 Å². The van der Waals surface area contributed by atoms with Crippen LogP contribution in [0.5, 0.6) is 5.75 Å². The summed E-state index contributed by atoms with van der Waals surface area (Å²) in [5.41, 5.74) is 0. The Kier molecular flexibility index (Phi) is 6.61. The molecule has 1 heterocycles. The average Bonchev–Trinajstić information content (AvgIpc) is 2.54. The molecule has 1 saturated heterocycles. The highest BCUT2D eigenvalue weighted by molar-refractivity contribution is 5.80. The zero-order valence-electron chi connectivity index (χ0n) is 12.9. The van der Waals surface area contributed by atoms with Gasteiger partial charge in [0.15, 0.2) is 6.10 Å². The number of rotatable bonds is 7. The summed E-state index contributed by atoms with van der Waals surface area (Å²) in [6.45, 7) is 6.74. The molecular formula is C16H23FN2O3. The molecular weight excluding hydrogens is 287 g/mol. The highest BCUT2D eigenvalue weighted by Crippen LogP contribution is 2.12. The minimum atomic E-state index is -0.603. The van der Waals surface area contributed by atoms with Crippen LogP contribution in [0, 0.1) is 5.82 Å². The van der Waals surface area contributed by atoms with Gasteiger partial charge in [0.05, 0.1) is 13.2 Å². The number of amides is 1. The molecule has 1 atom stereocenters. The van der Waals surface area contributed by atoms with Gasteiger partial charge in [0, 0.05) is 19.6 Å². The van der Waals surface area contributed by atoms with E-state index in [1.807, 2.05) is 0 Å². The van der Waals surface area contributed by atoms with Gasteiger partial charge in [0.1, 0.15) is 11.6 Å². The van der Waals surface area contributed by atoms with Gasteiger partial charge in [0.2, 0.25) is 0 Å². The van der Waals surface area contributed by atoms with Gasteiger partial charge in [-0.25, -0.2) is 4.39 Å². The number of nitrogens with one attached hydrogen (secondary N) is 1. The molecule has 1 amide bonds. The van der Waals surface area contributed by atoms with Gasteiger partial charge >= 0.3 is 0 Å². The summed E-state index contributed by atoms with van der Waals surface area (Å²) in [7, 11) is 0. The molecule has 1 aliphatic heterocycles. The third-order valence-corrected chi connectivity index (χ3v) is 3.55. The number of ether oxygens (including phenoxy) is 2. The second kappa shape index (κ2) is 8.70. The van der Waals surface area contributed by atoms with Crippen LogP contribution in [0.2, 0.25) is 0 Å². The molecule has 6 heteroatoms. The third kappa shape index (κ3) is 5.61. The van der Waals surface area contributed by atoms with E-state index in [0.717, 1.165) is 39.3 Å². The van der Waals surface area contributed by atoms with Crippen LogP contribution < -0.4 is 10.1 Å². The molecule has 0 aliphatic carbocycles. The van der Waals surface area contributed by atoms with Crippen LogP contribution in [0.3, 0.4) is 0 Å². The number of halogens is 1. The summed E-state index contributed by atoms with van der Waals surface area (Å²) < 4.78 is 23.6. The number of carbonyl (C=O) groups is 1. The molecule has 1 aromatic rings. The summed E-state index contributed by atoms with van der Waals surface area (Å²) in [6.07, 6.45) is 0.295. The number of nitrogens with zero attached hydrogens (tertiary/aromatic N) is 1. The quantitative estimate of drug-likeness (QED) is 0.774. The van der Waals surface area contributed by atoms with E-state index in [1.54, 1.807) is 6.92 Å². The Morgan fingerprint density at radius 3 is 2.73 bits per heavy atom. The second-order valence-corrected chi connectivity index (χ2v) is 5.31. The topological polar surface area (TPSA) is 50.8 Å². The predicted octanol–water partition coefficient (Wildman–Crippen LogP) is 1.43. The van der Waals surface area contributed by atoms with Gasteiger partial charge in [-0.3, -0.25) is 9.69 Å². The standard InChI is InChI=1S/C16H23FN2O3/c1-13(22-15-5-3-14(17)4-6-15)16(20)18-7-2-8-19-9-11-21-12-10-19/h3-6,13H,2,7-12H2,1H3,(H,18,20)/t13-/m1/s1. The van der Waals surface area contributed by atoms with Crippen molar-refractivity contribution < 1.29 is 18.7 Å². The molecule has 1 aromatic carbocycles. The molecule has 0 unspecified atom stereocenters. The lowest BCUT2D eigenvalue weighted by molar-refractivity contribution is -0.127. The molecule has 0 spiro atoms. The van der Waals surface area contributed by atoms with Crippen LogP contribution in [-0.2, 0) is 9.53 Å². The maximum Gasteiger partial charge on any atom is 0.260 e. The van der Waals surface area contributed by atoms with Gasteiger partial charge in [-0.05, 0) is 44.2 Å². The van der Waals surface area contributed by atoms with Gasteiger partial charge in [-0.1, -0.05) is 0 Å². The smallest absolute Gasteiger partial charge is 0.260 e. The van der Waals surface area contributed by atoms with E-state index in [0.29, 0.717) is 12.3 Å². The Bertz CT molecular complexity index is 461. The van der Waals surface area contributed by atoms with Crippen molar-refractivity contribution in [3.8, 4) is 5.75 Å². The number of benzene rings is 1. The summed E-state index contributed by atoms with van der Waals surface area (Å²) in [5.74, 6) is -0.00348. The highest BCUT2D eigenvalue weighted by atomic mass is 19.1. The number of hydrogen-bond acceptors (Lipinski definition) is 4. The minimum absolute atomic E-state index is 0.161. The molecule has 122 valence electrons. The predicted molar refractivity (Wildman–Crippen MR) is 81.4 cm³/mol. The molecule has 22 heavy (non-hydrogen) atoms. The van der Waals surface area contributed by atoms with Crippen LogP contribution in [0.25, 0.3) is 0 Å². The number of hydrogen-bond donors (Lipinski definition) is 1. The van der Waals surface area contributed by atoms with E-state index < -0.39 is 6.10 Å². The summed E-state index contributed by atoms with van der Waals surface area (Å²) >= 11 is 0. The summed E-state index contributed by atoms with van der Waals surface area (Å²) in [4.78, 5) is 14.2. The largest absolute Gasteiger partial charge is 0.481 e. The SMILES string of the molecule is C[C@@H](Oc1ccc(F)cc1)C(=O)NCCCN1CCOCC1. The van der Waals surface area contributed by atoms with Gasteiger partial charge in [-0.2, -0.15) is 0 Å². The van der Waals surface area contributed by atoms with Crippen molar-refractivity contribution in [2.24, 2.45) is 0 Å². The van der Waals surface area contributed by atoms with E-state index >= 15 is 0 Å². The van der Waals surface area contributed by atoms with E-state index in [4.69, 9.17) is 9.47 Å². The maximum absolute atomic E-state index is 12.8. The van der Waals surface area contributed by atoms with E-state index in [2.05, 4.69) is 10.2 Å². The zero-order chi connectivity index (χ0) is 15.8. The molecule has 0 radical (unpaired) electrons. The lowest BCUT2D eigenvalue weighted by Crippen LogP contribution is -2.40.